The van der Waals surface area contributed by atoms with E-state index in [1.807, 2.05) is 36.9 Å². The van der Waals surface area contributed by atoms with Crippen LogP contribution in [0.15, 0.2) is 18.2 Å². The molecule has 1 aromatic rings. The summed E-state index contributed by atoms with van der Waals surface area (Å²) in [4.78, 5) is 59.1. The van der Waals surface area contributed by atoms with Crippen molar-refractivity contribution in [2.24, 2.45) is 5.92 Å². The molecular weight excluding hydrogens is 478 g/mol. The van der Waals surface area contributed by atoms with Crippen LogP contribution in [0.2, 0.25) is 0 Å². The molecule has 2 fully saturated rings. The van der Waals surface area contributed by atoms with E-state index in [9.17, 15) is 24.3 Å². The number of hydroxylamine groups is 2. The zero-order valence-corrected chi connectivity index (χ0v) is 21.7. The number of rotatable bonds is 12. The first kappa shape index (κ1) is 27.1. The monoisotopic (exact) mass is 515 g/mol. The Bertz CT molecular complexity index is 1010. The van der Waals surface area contributed by atoms with Gasteiger partial charge in [0.25, 0.3) is 5.91 Å². The summed E-state index contributed by atoms with van der Waals surface area (Å²) in [5.74, 6) is -1.94. The maximum absolute atomic E-state index is 13.3. The molecule has 10 heteroatoms. The standard InChI is InChI=1S/C27H37N3O7/c1-3-11-30(37-13-4-2)25(33)17-28-16-20(18-5-6-22-19(15-18)10-14-36-22)26(27(34)35)21(28)9-12-29-23(31)7-8-24(29)32/h5-6,15,20-21,26H,3-4,7-14,16-17H2,1-2H3,(H,34,35)/t20-,21+,26-/m1/s1. The van der Waals surface area contributed by atoms with Gasteiger partial charge in [-0.25, -0.2) is 5.06 Å². The molecule has 0 aromatic heterocycles. The van der Waals surface area contributed by atoms with E-state index < -0.39 is 17.9 Å². The molecule has 3 aliphatic rings. The van der Waals surface area contributed by atoms with E-state index in [4.69, 9.17) is 9.57 Å². The van der Waals surface area contributed by atoms with Gasteiger partial charge >= 0.3 is 5.97 Å². The largest absolute Gasteiger partial charge is 0.493 e. The van der Waals surface area contributed by atoms with Gasteiger partial charge in [-0.05, 0) is 36.5 Å². The Labute approximate surface area is 217 Å². The Morgan fingerprint density at radius 1 is 1.14 bits per heavy atom. The molecule has 0 aliphatic carbocycles. The van der Waals surface area contributed by atoms with Gasteiger partial charge in [-0.15, -0.1) is 0 Å². The van der Waals surface area contributed by atoms with Crippen LogP contribution in [0.4, 0.5) is 0 Å². The topological polar surface area (TPSA) is 117 Å². The van der Waals surface area contributed by atoms with Gasteiger partial charge in [0.15, 0.2) is 0 Å². The minimum Gasteiger partial charge on any atom is -0.493 e. The minimum atomic E-state index is -0.951. The number of nitrogens with zero attached hydrogens (tertiary/aromatic N) is 3. The average molecular weight is 516 g/mol. The summed E-state index contributed by atoms with van der Waals surface area (Å²) in [7, 11) is 0. The van der Waals surface area contributed by atoms with Crippen LogP contribution in [-0.4, -0.2) is 89.1 Å². The van der Waals surface area contributed by atoms with Crippen LogP contribution in [0.25, 0.3) is 0 Å². The van der Waals surface area contributed by atoms with Gasteiger partial charge in [-0.2, -0.15) is 0 Å². The molecule has 3 amide bonds. The number of carbonyl (C=O) groups excluding carboxylic acids is 3. The summed E-state index contributed by atoms with van der Waals surface area (Å²) >= 11 is 0. The Morgan fingerprint density at radius 2 is 1.89 bits per heavy atom. The van der Waals surface area contributed by atoms with E-state index in [1.165, 1.54) is 9.96 Å². The Hall–Kier alpha value is -2.98. The normalized spacial score (nSPS) is 23.4. The van der Waals surface area contributed by atoms with Crippen molar-refractivity contribution in [3.63, 3.8) is 0 Å². The predicted molar refractivity (Wildman–Crippen MR) is 134 cm³/mol. The summed E-state index contributed by atoms with van der Waals surface area (Å²) in [5.41, 5.74) is 1.96. The molecule has 37 heavy (non-hydrogen) atoms. The molecule has 1 N–H and O–H groups in total. The highest BCUT2D eigenvalue weighted by molar-refractivity contribution is 6.01. The number of hydrogen-bond acceptors (Lipinski definition) is 7. The number of carboxylic acids is 1. The predicted octanol–water partition coefficient (Wildman–Crippen LogP) is 2.21. The fraction of sp³-hybridized carbons (Fsp3) is 0.630. The second-order valence-electron chi connectivity index (χ2n) is 9.99. The maximum atomic E-state index is 13.3. The average Bonchev–Trinajstić information content (AvgIpc) is 3.57. The number of carbonyl (C=O) groups is 4. The van der Waals surface area contributed by atoms with Crippen molar-refractivity contribution >= 4 is 23.7 Å². The van der Waals surface area contributed by atoms with E-state index >= 15 is 0 Å². The number of hydrogen-bond donors (Lipinski definition) is 1. The molecule has 2 saturated heterocycles. The number of fused-ring (bicyclic) bond motifs is 1. The number of likely N-dealkylation sites (tertiary alicyclic amines) is 2. The molecule has 202 valence electrons. The molecule has 0 radical (unpaired) electrons. The van der Waals surface area contributed by atoms with Gasteiger partial charge in [0.1, 0.15) is 5.75 Å². The first-order valence-corrected chi connectivity index (χ1v) is 13.3. The van der Waals surface area contributed by atoms with Crippen molar-refractivity contribution < 1.29 is 33.9 Å². The Morgan fingerprint density at radius 3 is 2.57 bits per heavy atom. The second kappa shape index (κ2) is 12.0. The third kappa shape index (κ3) is 5.96. The quantitative estimate of drug-likeness (QED) is 0.333. The van der Waals surface area contributed by atoms with Gasteiger partial charge in [-0.3, -0.25) is 33.8 Å². The van der Waals surface area contributed by atoms with Crippen molar-refractivity contribution in [3.05, 3.63) is 29.3 Å². The molecule has 0 unspecified atom stereocenters. The smallest absolute Gasteiger partial charge is 0.308 e. The summed E-state index contributed by atoms with van der Waals surface area (Å²) in [6, 6.07) is 5.30. The SMILES string of the molecule is CCCON(CCC)C(=O)CN1C[C@H](c2ccc3c(c2)CCO3)[C@@H](C(=O)O)[C@@H]1CCN1C(=O)CCC1=O. The van der Waals surface area contributed by atoms with E-state index in [-0.39, 0.29) is 56.0 Å². The lowest BCUT2D eigenvalue weighted by atomic mass is 9.83. The number of aliphatic carboxylic acids is 1. The highest BCUT2D eigenvalue weighted by Crippen LogP contribution is 2.41. The van der Waals surface area contributed by atoms with Gasteiger partial charge < -0.3 is 9.84 Å². The second-order valence-corrected chi connectivity index (χ2v) is 9.99. The van der Waals surface area contributed by atoms with Gasteiger partial charge in [0.2, 0.25) is 11.8 Å². The zero-order valence-electron chi connectivity index (χ0n) is 21.7. The molecule has 3 atom stereocenters. The number of imide groups is 1. The summed E-state index contributed by atoms with van der Waals surface area (Å²) in [5, 5.41) is 11.7. The van der Waals surface area contributed by atoms with Crippen LogP contribution < -0.4 is 4.74 Å². The maximum Gasteiger partial charge on any atom is 0.308 e. The number of ether oxygens (including phenoxy) is 1. The molecular formula is C27H37N3O7. The van der Waals surface area contributed by atoms with Crippen molar-refractivity contribution in [2.75, 3.05) is 39.4 Å². The van der Waals surface area contributed by atoms with Crippen LogP contribution >= 0.6 is 0 Å². The van der Waals surface area contributed by atoms with Crippen LogP contribution in [0, 0.1) is 5.92 Å². The number of carboxylic acid groups (broad SMARTS) is 1. The third-order valence-corrected chi connectivity index (χ3v) is 7.47. The van der Waals surface area contributed by atoms with Crippen LogP contribution in [0.5, 0.6) is 5.75 Å². The molecule has 3 aliphatic heterocycles. The van der Waals surface area contributed by atoms with Crippen LogP contribution in [0.1, 0.15) is 63.0 Å². The lowest BCUT2D eigenvalue weighted by Gasteiger charge is -2.30. The first-order valence-electron chi connectivity index (χ1n) is 13.3. The zero-order chi connectivity index (χ0) is 26.5. The fourth-order valence-corrected chi connectivity index (χ4v) is 5.68. The van der Waals surface area contributed by atoms with E-state index in [1.54, 1.807) is 0 Å². The fourth-order valence-electron chi connectivity index (χ4n) is 5.68. The molecule has 1 aromatic carbocycles. The first-order chi connectivity index (χ1) is 17.8. The molecule has 4 rings (SSSR count). The molecule has 0 spiro atoms. The molecule has 3 heterocycles. The summed E-state index contributed by atoms with van der Waals surface area (Å²) in [6.45, 7) is 5.94. The van der Waals surface area contributed by atoms with Crippen molar-refractivity contribution in [2.45, 2.75) is 64.3 Å². The number of benzene rings is 1. The summed E-state index contributed by atoms with van der Waals surface area (Å²) in [6.07, 6.45) is 2.94. The molecule has 0 saturated carbocycles. The van der Waals surface area contributed by atoms with Crippen LogP contribution in [-0.2, 0) is 30.4 Å². The van der Waals surface area contributed by atoms with Gasteiger partial charge in [-0.1, -0.05) is 26.0 Å². The van der Waals surface area contributed by atoms with Crippen molar-refractivity contribution in [1.29, 1.82) is 0 Å². The summed E-state index contributed by atoms with van der Waals surface area (Å²) < 4.78 is 5.62. The third-order valence-electron chi connectivity index (χ3n) is 7.47. The lowest BCUT2D eigenvalue weighted by Crippen LogP contribution is -2.45. The van der Waals surface area contributed by atoms with Gasteiger partial charge in [0, 0.05) is 50.9 Å². The molecule has 0 bridgehead atoms. The highest BCUT2D eigenvalue weighted by Gasteiger charge is 2.48. The van der Waals surface area contributed by atoms with E-state index in [0.717, 1.165) is 36.1 Å². The van der Waals surface area contributed by atoms with Crippen LogP contribution in [0.3, 0.4) is 0 Å². The molecule has 10 nitrogen and oxygen atoms in total. The minimum absolute atomic E-state index is 0.00457. The highest BCUT2D eigenvalue weighted by atomic mass is 16.7. The van der Waals surface area contributed by atoms with Gasteiger partial charge in [0.05, 0.1) is 25.7 Å². The van der Waals surface area contributed by atoms with E-state index in [0.29, 0.717) is 26.3 Å². The Balaban J connectivity index is 1.59. The Kier molecular flexibility index (Phi) is 8.81. The van der Waals surface area contributed by atoms with Crippen molar-refractivity contribution in [1.82, 2.24) is 14.9 Å². The number of amides is 3. The lowest BCUT2D eigenvalue weighted by molar-refractivity contribution is -0.188. The van der Waals surface area contributed by atoms with Crippen molar-refractivity contribution in [3.8, 4) is 5.75 Å². The van der Waals surface area contributed by atoms with E-state index in [2.05, 4.69) is 0 Å².